The first-order valence-corrected chi connectivity index (χ1v) is 5.56. The number of imidazole rings is 1. The Kier molecular flexibility index (Phi) is 2.11. The normalized spacial score (nSPS) is 10.9. The molecule has 84 valence electrons. The number of para-hydroxylation sites is 2. The lowest BCUT2D eigenvalue weighted by atomic mass is 10.2. The van der Waals surface area contributed by atoms with Crippen molar-refractivity contribution in [2.75, 3.05) is 5.73 Å². The van der Waals surface area contributed by atoms with Crippen LogP contribution in [-0.2, 0) is 0 Å². The van der Waals surface area contributed by atoms with E-state index in [-0.39, 0.29) is 0 Å². The molecule has 0 bridgehead atoms. The van der Waals surface area contributed by atoms with E-state index < -0.39 is 0 Å². The summed E-state index contributed by atoms with van der Waals surface area (Å²) in [4.78, 5) is 4.54. The first kappa shape index (κ1) is 9.90. The highest BCUT2D eigenvalue weighted by molar-refractivity contribution is 5.78. The third kappa shape index (κ3) is 1.56. The van der Waals surface area contributed by atoms with Crippen LogP contribution in [0.15, 0.2) is 48.5 Å². The topological polar surface area (TPSA) is 43.8 Å². The van der Waals surface area contributed by atoms with Crippen molar-refractivity contribution in [1.29, 1.82) is 0 Å². The lowest BCUT2D eigenvalue weighted by molar-refractivity contribution is 1.00. The fourth-order valence-electron chi connectivity index (χ4n) is 2.10. The number of aryl methyl sites for hydroxylation is 1. The molecule has 0 radical (unpaired) electrons. The predicted molar refractivity (Wildman–Crippen MR) is 70.2 cm³/mol. The Labute approximate surface area is 99.5 Å². The summed E-state index contributed by atoms with van der Waals surface area (Å²) >= 11 is 0. The standard InChI is InChI=1S/C14H13N3/c1-10-16-13-4-2-3-5-14(13)17(10)12-8-6-11(15)7-9-12/h2-9H,15H2,1H3. The van der Waals surface area contributed by atoms with Crippen molar-refractivity contribution < 1.29 is 0 Å². The summed E-state index contributed by atoms with van der Waals surface area (Å²) in [6.45, 7) is 2.01. The Hall–Kier alpha value is -2.29. The molecule has 0 spiro atoms. The number of hydrogen-bond acceptors (Lipinski definition) is 2. The summed E-state index contributed by atoms with van der Waals surface area (Å²) in [6, 6.07) is 16.0. The van der Waals surface area contributed by atoms with Crippen LogP contribution in [0.1, 0.15) is 5.82 Å². The molecule has 3 rings (SSSR count). The molecule has 0 aliphatic rings. The van der Waals surface area contributed by atoms with Gasteiger partial charge in [-0.25, -0.2) is 4.98 Å². The molecular formula is C14H13N3. The molecule has 17 heavy (non-hydrogen) atoms. The number of nitrogens with zero attached hydrogens (tertiary/aromatic N) is 2. The molecule has 1 aromatic heterocycles. The van der Waals surface area contributed by atoms with E-state index in [4.69, 9.17) is 5.73 Å². The Bertz CT molecular complexity index is 666. The largest absolute Gasteiger partial charge is 0.399 e. The molecule has 2 N–H and O–H groups in total. The maximum Gasteiger partial charge on any atom is 0.111 e. The average Bonchev–Trinajstić information content (AvgIpc) is 2.66. The van der Waals surface area contributed by atoms with Gasteiger partial charge in [-0.05, 0) is 43.3 Å². The fraction of sp³-hybridized carbons (Fsp3) is 0.0714. The SMILES string of the molecule is Cc1nc2ccccc2n1-c1ccc(N)cc1. The van der Waals surface area contributed by atoms with Gasteiger partial charge in [0.25, 0.3) is 0 Å². The summed E-state index contributed by atoms with van der Waals surface area (Å²) in [5, 5.41) is 0. The van der Waals surface area contributed by atoms with Crippen molar-refractivity contribution in [3.05, 3.63) is 54.4 Å². The van der Waals surface area contributed by atoms with Gasteiger partial charge in [0.05, 0.1) is 11.0 Å². The van der Waals surface area contributed by atoms with Crippen molar-refractivity contribution in [1.82, 2.24) is 9.55 Å². The van der Waals surface area contributed by atoms with E-state index in [0.717, 1.165) is 28.2 Å². The van der Waals surface area contributed by atoms with Gasteiger partial charge >= 0.3 is 0 Å². The van der Waals surface area contributed by atoms with E-state index in [2.05, 4.69) is 15.6 Å². The van der Waals surface area contributed by atoms with Crippen molar-refractivity contribution in [3.8, 4) is 5.69 Å². The van der Waals surface area contributed by atoms with E-state index in [1.165, 1.54) is 0 Å². The third-order valence-electron chi connectivity index (χ3n) is 2.88. The van der Waals surface area contributed by atoms with Gasteiger partial charge in [0.2, 0.25) is 0 Å². The first-order valence-electron chi connectivity index (χ1n) is 5.56. The zero-order valence-electron chi connectivity index (χ0n) is 9.59. The molecule has 0 saturated heterocycles. The molecule has 0 aliphatic heterocycles. The number of nitrogen functional groups attached to an aromatic ring is 1. The molecule has 0 saturated carbocycles. The number of aromatic nitrogens is 2. The molecule has 2 aromatic carbocycles. The van der Waals surface area contributed by atoms with E-state index in [1.54, 1.807) is 0 Å². The van der Waals surface area contributed by atoms with Crippen molar-refractivity contribution in [2.45, 2.75) is 6.92 Å². The molecular weight excluding hydrogens is 210 g/mol. The van der Waals surface area contributed by atoms with Gasteiger partial charge in [0.1, 0.15) is 5.82 Å². The average molecular weight is 223 g/mol. The van der Waals surface area contributed by atoms with E-state index >= 15 is 0 Å². The van der Waals surface area contributed by atoms with Gasteiger partial charge in [-0.1, -0.05) is 12.1 Å². The van der Waals surface area contributed by atoms with Gasteiger partial charge < -0.3 is 5.73 Å². The summed E-state index contributed by atoms with van der Waals surface area (Å²) in [6.07, 6.45) is 0. The molecule has 3 nitrogen and oxygen atoms in total. The minimum absolute atomic E-state index is 0.774. The molecule has 0 amide bonds. The smallest absolute Gasteiger partial charge is 0.111 e. The highest BCUT2D eigenvalue weighted by atomic mass is 15.1. The predicted octanol–water partition coefficient (Wildman–Crippen LogP) is 2.92. The molecule has 3 aromatic rings. The van der Waals surface area contributed by atoms with Crippen LogP contribution >= 0.6 is 0 Å². The number of benzene rings is 2. The van der Waals surface area contributed by atoms with Gasteiger partial charge in [0.15, 0.2) is 0 Å². The Morgan fingerprint density at radius 1 is 1.00 bits per heavy atom. The second-order valence-corrected chi connectivity index (χ2v) is 4.07. The van der Waals surface area contributed by atoms with E-state index in [1.807, 2.05) is 49.4 Å². The molecule has 1 heterocycles. The van der Waals surface area contributed by atoms with Crippen LogP contribution in [0.4, 0.5) is 5.69 Å². The molecule has 0 unspecified atom stereocenters. The molecule has 0 fully saturated rings. The molecule has 0 aliphatic carbocycles. The zero-order valence-corrected chi connectivity index (χ0v) is 9.59. The van der Waals surface area contributed by atoms with E-state index in [0.29, 0.717) is 0 Å². The van der Waals surface area contributed by atoms with Crippen LogP contribution in [0.2, 0.25) is 0 Å². The van der Waals surface area contributed by atoms with Crippen LogP contribution < -0.4 is 5.73 Å². The Morgan fingerprint density at radius 2 is 1.71 bits per heavy atom. The number of rotatable bonds is 1. The fourth-order valence-corrected chi connectivity index (χ4v) is 2.10. The van der Waals surface area contributed by atoms with Crippen molar-refractivity contribution in [2.24, 2.45) is 0 Å². The summed E-state index contributed by atoms with van der Waals surface area (Å²) in [5.74, 6) is 0.982. The van der Waals surface area contributed by atoms with Crippen LogP contribution in [0.5, 0.6) is 0 Å². The van der Waals surface area contributed by atoms with Gasteiger partial charge in [-0.2, -0.15) is 0 Å². The lowest BCUT2D eigenvalue weighted by Gasteiger charge is -2.06. The van der Waals surface area contributed by atoms with Gasteiger partial charge in [-0.3, -0.25) is 4.57 Å². The zero-order chi connectivity index (χ0) is 11.8. The number of fused-ring (bicyclic) bond motifs is 1. The molecule has 3 heteroatoms. The van der Waals surface area contributed by atoms with E-state index in [9.17, 15) is 0 Å². The summed E-state index contributed by atoms with van der Waals surface area (Å²) in [5.41, 5.74) is 9.70. The second-order valence-electron chi connectivity index (χ2n) is 4.07. The molecule has 0 atom stereocenters. The minimum atomic E-state index is 0.774. The summed E-state index contributed by atoms with van der Waals surface area (Å²) < 4.78 is 2.13. The minimum Gasteiger partial charge on any atom is -0.399 e. The Balaban J connectivity index is 2.29. The van der Waals surface area contributed by atoms with Crippen molar-refractivity contribution in [3.63, 3.8) is 0 Å². The van der Waals surface area contributed by atoms with Gasteiger partial charge in [0, 0.05) is 11.4 Å². The van der Waals surface area contributed by atoms with Crippen LogP contribution in [0.25, 0.3) is 16.7 Å². The van der Waals surface area contributed by atoms with Crippen LogP contribution in [0.3, 0.4) is 0 Å². The Morgan fingerprint density at radius 3 is 2.47 bits per heavy atom. The van der Waals surface area contributed by atoms with Gasteiger partial charge in [-0.15, -0.1) is 0 Å². The van der Waals surface area contributed by atoms with Crippen molar-refractivity contribution >= 4 is 16.7 Å². The van der Waals surface area contributed by atoms with Crippen LogP contribution in [0, 0.1) is 6.92 Å². The maximum atomic E-state index is 5.71. The first-order chi connectivity index (χ1) is 8.25. The number of nitrogens with two attached hydrogens (primary N) is 1. The maximum absolute atomic E-state index is 5.71. The third-order valence-corrected chi connectivity index (χ3v) is 2.88. The quantitative estimate of drug-likeness (QED) is 0.644. The number of anilines is 1. The number of hydrogen-bond donors (Lipinski definition) is 1. The second kappa shape index (κ2) is 3.63. The monoisotopic (exact) mass is 223 g/mol. The highest BCUT2D eigenvalue weighted by Gasteiger charge is 2.07. The summed E-state index contributed by atoms with van der Waals surface area (Å²) in [7, 11) is 0. The highest BCUT2D eigenvalue weighted by Crippen LogP contribution is 2.21. The van der Waals surface area contributed by atoms with Crippen LogP contribution in [-0.4, -0.2) is 9.55 Å². The lowest BCUT2D eigenvalue weighted by Crippen LogP contribution is -1.97.